The Bertz CT molecular complexity index is 1830. The van der Waals surface area contributed by atoms with Gasteiger partial charge in [0.1, 0.15) is 35.9 Å². The summed E-state index contributed by atoms with van der Waals surface area (Å²) in [5.41, 5.74) is 0.112. The number of hydrogen-bond acceptors (Lipinski definition) is 14. The second-order valence-corrected chi connectivity index (χ2v) is 19.5. The number of carbonyl (C=O) groups excluding carboxylic acids is 2. The van der Waals surface area contributed by atoms with E-state index in [0.29, 0.717) is 36.8 Å². The van der Waals surface area contributed by atoms with Crippen molar-refractivity contribution in [3.05, 3.63) is 59.3 Å². The third kappa shape index (κ3) is 10.2. The number of rotatable bonds is 8. The van der Waals surface area contributed by atoms with Crippen molar-refractivity contribution in [1.29, 1.82) is 0 Å². The van der Waals surface area contributed by atoms with Crippen molar-refractivity contribution in [1.82, 2.24) is 5.32 Å². The fraction of sp³-hybridized carbons (Fsp3) is 0.755. The number of methoxy groups -OCH3 is 2. The van der Waals surface area contributed by atoms with E-state index in [2.05, 4.69) is 45.2 Å². The molecule has 64 heavy (non-hydrogen) atoms. The number of hydrogen-bond donors (Lipinski definition) is 3. The van der Waals surface area contributed by atoms with Crippen LogP contribution in [0.15, 0.2) is 59.3 Å². The van der Waals surface area contributed by atoms with Gasteiger partial charge >= 0.3 is 5.97 Å². The molecular weight excluding hydrogens is 827 g/mol. The maximum absolute atomic E-state index is 14.3. The van der Waals surface area contributed by atoms with E-state index in [0.717, 1.165) is 5.57 Å². The number of fused-ring (bicyclic) bond motifs is 2. The fourth-order valence-electron chi connectivity index (χ4n) is 10.9. The monoisotopic (exact) mass is 900 g/mol. The van der Waals surface area contributed by atoms with Gasteiger partial charge in [-0.15, -0.1) is 0 Å². The Morgan fingerprint density at radius 2 is 1.61 bits per heavy atom. The molecule has 0 radical (unpaired) electrons. The molecule has 1 amide bonds. The molecule has 7 rings (SSSR count). The minimum absolute atomic E-state index is 0.0266. The summed E-state index contributed by atoms with van der Waals surface area (Å²) in [6, 6.07) is -0.314. The van der Waals surface area contributed by atoms with Gasteiger partial charge in [0.2, 0.25) is 5.91 Å². The molecule has 15 heteroatoms. The third-order valence-corrected chi connectivity index (χ3v) is 14.4. The maximum atomic E-state index is 14.3. The molecule has 0 unspecified atom stereocenters. The Hall–Kier alpha value is -2.80. The van der Waals surface area contributed by atoms with Crippen LogP contribution in [0.1, 0.15) is 94.4 Å². The van der Waals surface area contributed by atoms with Crippen LogP contribution < -0.4 is 5.32 Å². The highest BCUT2D eigenvalue weighted by molar-refractivity contribution is 5.78. The molecule has 0 aromatic rings. The van der Waals surface area contributed by atoms with Gasteiger partial charge in [0, 0.05) is 58.7 Å². The second-order valence-electron chi connectivity index (χ2n) is 19.5. The van der Waals surface area contributed by atoms with E-state index < -0.39 is 84.7 Å². The first kappa shape index (κ1) is 49.1. The average molecular weight is 900 g/mol. The molecule has 4 fully saturated rings. The first-order valence-electron chi connectivity index (χ1n) is 23.3. The Kier molecular flexibility index (Phi) is 15.5. The van der Waals surface area contributed by atoms with E-state index in [1.807, 2.05) is 39.0 Å². The number of carbonyl (C=O) groups is 2. The van der Waals surface area contributed by atoms with Crippen molar-refractivity contribution in [3.8, 4) is 0 Å². The largest absolute Gasteiger partial charge is 0.462 e. The molecule has 0 aromatic carbocycles. The van der Waals surface area contributed by atoms with Crippen molar-refractivity contribution in [2.24, 2.45) is 23.7 Å². The predicted molar refractivity (Wildman–Crippen MR) is 234 cm³/mol. The molecule has 1 aliphatic carbocycles. The third-order valence-electron chi connectivity index (χ3n) is 14.4. The summed E-state index contributed by atoms with van der Waals surface area (Å²) in [7, 11) is 3.27. The van der Waals surface area contributed by atoms with Crippen molar-refractivity contribution in [2.45, 2.75) is 192 Å². The van der Waals surface area contributed by atoms with Crippen molar-refractivity contribution >= 4 is 11.9 Å². The van der Waals surface area contributed by atoms with Gasteiger partial charge in [-0.05, 0) is 62.8 Å². The topological polar surface area (TPSA) is 179 Å². The van der Waals surface area contributed by atoms with Gasteiger partial charge in [-0.2, -0.15) is 0 Å². The SMILES string of the molecule is CO[C@@H]1C[C@@H](O[C@@H]2[C@@H](C)O[C@H](O[C@H]3/C(C)=C/C[C@H]4C[C@H](C[C@@]5(C=C[C@@H](C)[C@H](C(C)C)O5)O4)OC(=O)[C@H]4C=C(C)[C@H](O)[C@@H]5OC/C(=C\C=C\[C@H]3C)[C@]45O)C[C@H]2OC)O[C@H](C)[C@@H]1NC(C)=O. The molecule has 3 N–H and O–H groups in total. The molecule has 19 atom stereocenters. The van der Waals surface area contributed by atoms with Gasteiger partial charge in [-0.1, -0.05) is 64.2 Å². The minimum Gasteiger partial charge on any atom is -0.462 e. The lowest BCUT2D eigenvalue weighted by Gasteiger charge is -2.48. The lowest BCUT2D eigenvalue weighted by Crippen LogP contribution is -2.58. The number of allylic oxidation sites excluding steroid dienone is 2. The second kappa shape index (κ2) is 20.2. The summed E-state index contributed by atoms with van der Waals surface area (Å²) in [6.07, 6.45) is 8.46. The number of esters is 1. The average Bonchev–Trinajstić information content (AvgIpc) is 3.58. The molecule has 7 aliphatic rings. The van der Waals surface area contributed by atoms with Crippen LogP contribution in [-0.4, -0.2) is 140 Å². The zero-order valence-corrected chi connectivity index (χ0v) is 39.5. The van der Waals surface area contributed by atoms with E-state index in [1.54, 1.807) is 33.3 Å². The molecule has 6 heterocycles. The minimum atomic E-state index is -1.84. The lowest BCUT2D eigenvalue weighted by molar-refractivity contribution is -0.311. The quantitative estimate of drug-likeness (QED) is 0.216. The molecule has 4 saturated heterocycles. The summed E-state index contributed by atoms with van der Waals surface area (Å²) in [6.45, 7) is 17.5. The van der Waals surface area contributed by atoms with Crippen LogP contribution in [0, 0.1) is 23.7 Å². The summed E-state index contributed by atoms with van der Waals surface area (Å²) < 4.78 is 64.2. The van der Waals surface area contributed by atoms with Crippen molar-refractivity contribution < 1.29 is 67.2 Å². The van der Waals surface area contributed by atoms with E-state index in [4.69, 9.17) is 47.4 Å². The van der Waals surface area contributed by atoms with Crippen LogP contribution in [0.2, 0.25) is 0 Å². The van der Waals surface area contributed by atoms with Crippen molar-refractivity contribution in [2.75, 3.05) is 20.8 Å². The normalized spacial score (nSPS) is 47.4. The van der Waals surface area contributed by atoms with Gasteiger partial charge in [0.25, 0.3) is 0 Å². The van der Waals surface area contributed by atoms with Gasteiger partial charge in [0.05, 0.1) is 55.4 Å². The van der Waals surface area contributed by atoms with Crippen molar-refractivity contribution in [3.63, 3.8) is 0 Å². The zero-order valence-electron chi connectivity index (χ0n) is 39.5. The molecule has 358 valence electrons. The molecule has 1 spiro atoms. The van der Waals surface area contributed by atoms with Gasteiger partial charge in [-0.25, -0.2) is 0 Å². The molecule has 15 nitrogen and oxygen atoms in total. The highest BCUT2D eigenvalue weighted by Crippen LogP contribution is 2.47. The Labute approximate surface area is 378 Å². The number of aliphatic hydroxyl groups is 2. The van der Waals surface area contributed by atoms with Crippen LogP contribution in [0.5, 0.6) is 0 Å². The summed E-state index contributed by atoms with van der Waals surface area (Å²) in [5.74, 6) is -2.81. The first-order valence-corrected chi connectivity index (χ1v) is 23.3. The fourth-order valence-corrected chi connectivity index (χ4v) is 10.9. The molecule has 0 aromatic heterocycles. The van der Waals surface area contributed by atoms with Gasteiger partial charge < -0.3 is 62.9 Å². The Morgan fingerprint density at radius 1 is 0.906 bits per heavy atom. The van der Waals surface area contributed by atoms with Crippen LogP contribution in [0.3, 0.4) is 0 Å². The van der Waals surface area contributed by atoms with Crippen LogP contribution >= 0.6 is 0 Å². The van der Waals surface area contributed by atoms with Crippen LogP contribution in [-0.2, 0) is 57.0 Å². The first-order chi connectivity index (χ1) is 30.4. The molecule has 6 aliphatic heterocycles. The standard InChI is InChI=1S/C49H73NO14/c1-25(2)43-28(5)17-18-48(64-43)23-35-20-34(63-48)16-15-27(4)44(26(3)13-12-14-33-24-57-46-42(52)29(6)19-36(47(53)60-35)49(33,46)54)61-40-22-38(56-11)45(31(8)59-40)62-39-21-37(55-10)41(30(7)58-39)50-32(9)51/h12-15,17-19,25-26,28,30-31,34-46,52,54H,16,20-24H2,1-11H3,(H,50,51)/b13-12+,27-15+,33-14+/t26-,28-,30-,31-,34+,35-,36-,37-,38-,39-,40-,41+,42+,43+,44-,45-,46+,48+,49+/m1/s1. The number of nitrogens with one attached hydrogen (secondary N) is 1. The molecular formula is C49H73NO14. The summed E-state index contributed by atoms with van der Waals surface area (Å²) >= 11 is 0. The highest BCUT2D eigenvalue weighted by Gasteiger charge is 2.60. The summed E-state index contributed by atoms with van der Waals surface area (Å²) in [5, 5.41) is 26.7. The molecule has 2 bridgehead atoms. The predicted octanol–water partition coefficient (Wildman–Crippen LogP) is 5.13. The zero-order chi connectivity index (χ0) is 46.2. The lowest BCUT2D eigenvalue weighted by atomic mass is 9.71. The number of ether oxygens (including phenoxy) is 10. The van der Waals surface area contributed by atoms with Crippen LogP contribution in [0.25, 0.3) is 0 Å². The van der Waals surface area contributed by atoms with Crippen LogP contribution in [0.4, 0.5) is 0 Å². The number of amides is 1. The Morgan fingerprint density at radius 3 is 2.31 bits per heavy atom. The van der Waals surface area contributed by atoms with E-state index >= 15 is 0 Å². The smallest absolute Gasteiger partial charge is 0.316 e. The molecule has 0 saturated carbocycles. The Balaban J connectivity index is 1.16. The van der Waals surface area contributed by atoms with Gasteiger partial charge in [-0.3, -0.25) is 9.59 Å². The summed E-state index contributed by atoms with van der Waals surface area (Å²) in [4.78, 5) is 26.2. The highest BCUT2D eigenvalue weighted by atomic mass is 16.7. The van der Waals surface area contributed by atoms with E-state index in [9.17, 15) is 19.8 Å². The van der Waals surface area contributed by atoms with Gasteiger partial charge in [0.15, 0.2) is 18.4 Å². The van der Waals surface area contributed by atoms with E-state index in [1.165, 1.54) is 6.92 Å². The maximum Gasteiger partial charge on any atom is 0.316 e. The van der Waals surface area contributed by atoms with E-state index in [-0.39, 0.29) is 61.0 Å². The number of aliphatic hydroxyl groups excluding tert-OH is 1.